The van der Waals surface area contributed by atoms with Gasteiger partial charge in [-0.1, -0.05) is 103 Å². The lowest BCUT2D eigenvalue weighted by atomic mass is 10.0. The van der Waals surface area contributed by atoms with Crippen LogP contribution < -0.4 is 15.9 Å². The fraction of sp³-hybridized carbons (Fsp3) is 0.0769. The van der Waals surface area contributed by atoms with Crippen LogP contribution in [0.2, 0.25) is 5.02 Å². The molecule has 0 heterocycles. The Morgan fingerprint density at radius 3 is 1.93 bits per heavy atom. The molecule has 0 unspecified atom stereocenters. The van der Waals surface area contributed by atoms with Crippen molar-refractivity contribution < 1.29 is 4.57 Å². The van der Waals surface area contributed by atoms with E-state index in [1.165, 1.54) is 0 Å². The van der Waals surface area contributed by atoms with Crippen LogP contribution in [0.3, 0.4) is 0 Å². The summed E-state index contributed by atoms with van der Waals surface area (Å²) in [6.45, 7) is 0.596. The molecule has 0 aliphatic carbocycles. The fourth-order valence-corrected chi connectivity index (χ4v) is 6.38. The standard InChI is InChI=1S/C26H23ClNOP/c27-22-11-9-10-21(20-22)25-16-7-8-17-26(25)28-18-19-30(29,23-12-3-1-4-13-23)24-14-5-2-6-15-24/h1-17,20,28H,18-19H2. The van der Waals surface area contributed by atoms with E-state index in [1.807, 2.05) is 103 Å². The van der Waals surface area contributed by atoms with Crippen molar-refractivity contribution in [2.75, 3.05) is 18.0 Å². The zero-order chi connectivity index (χ0) is 20.8. The van der Waals surface area contributed by atoms with Gasteiger partial charge in [-0.2, -0.15) is 0 Å². The van der Waals surface area contributed by atoms with Gasteiger partial charge in [0.1, 0.15) is 7.14 Å². The van der Waals surface area contributed by atoms with Gasteiger partial charge in [0.2, 0.25) is 0 Å². The lowest BCUT2D eigenvalue weighted by Gasteiger charge is -2.20. The van der Waals surface area contributed by atoms with Crippen molar-refractivity contribution in [3.05, 3.63) is 114 Å². The number of hydrogen-bond acceptors (Lipinski definition) is 2. The van der Waals surface area contributed by atoms with Crippen molar-refractivity contribution in [2.24, 2.45) is 0 Å². The molecule has 0 spiro atoms. The Bertz CT molecular complexity index is 1120. The molecule has 4 rings (SSSR count). The molecular formula is C26H23ClNOP. The molecule has 0 bridgehead atoms. The summed E-state index contributed by atoms with van der Waals surface area (Å²) in [5.41, 5.74) is 3.14. The second kappa shape index (κ2) is 9.34. The Balaban J connectivity index is 1.59. The average Bonchev–Trinajstić information content (AvgIpc) is 2.80. The summed E-state index contributed by atoms with van der Waals surface area (Å²) < 4.78 is 14.1. The van der Waals surface area contributed by atoms with E-state index in [9.17, 15) is 4.57 Å². The maximum Gasteiger partial charge on any atom is 0.144 e. The lowest BCUT2D eigenvalue weighted by Crippen LogP contribution is -2.22. The predicted octanol–water partition coefficient (Wildman–Crippen LogP) is 6.43. The van der Waals surface area contributed by atoms with Crippen LogP contribution in [-0.2, 0) is 4.57 Å². The molecule has 2 nitrogen and oxygen atoms in total. The third kappa shape index (κ3) is 4.51. The zero-order valence-electron chi connectivity index (χ0n) is 16.5. The Labute approximate surface area is 182 Å². The first-order valence-electron chi connectivity index (χ1n) is 9.96. The summed E-state index contributed by atoms with van der Waals surface area (Å²) in [4.78, 5) is 0. The molecule has 30 heavy (non-hydrogen) atoms. The van der Waals surface area contributed by atoms with Gasteiger partial charge < -0.3 is 9.88 Å². The third-order valence-electron chi connectivity index (χ3n) is 5.15. The van der Waals surface area contributed by atoms with Crippen LogP contribution in [-0.4, -0.2) is 12.7 Å². The Morgan fingerprint density at radius 1 is 0.700 bits per heavy atom. The Hall–Kier alpha value is -2.80. The SMILES string of the molecule is O=P(CCNc1ccccc1-c1cccc(Cl)c1)(c1ccccc1)c1ccccc1. The quantitative estimate of drug-likeness (QED) is 0.341. The molecule has 1 N–H and O–H groups in total. The third-order valence-corrected chi connectivity index (χ3v) is 8.50. The van der Waals surface area contributed by atoms with Gasteiger partial charge in [-0.25, -0.2) is 0 Å². The highest BCUT2D eigenvalue weighted by Crippen LogP contribution is 2.43. The van der Waals surface area contributed by atoms with Crippen molar-refractivity contribution in [1.82, 2.24) is 0 Å². The van der Waals surface area contributed by atoms with Gasteiger partial charge in [-0.15, -0.1) is 0 Å². The molecule has 0 aromatic heterocycles. The van der Waals surface area contributed by atoms with E-state index in [0.29, 0.717) is 17.7 Å². The number of anilines is 1. The van der Waals surface area contributed by atoms with Gasteiger partial charge in [0, 0.05) is 39.6 Å². The lowest BCUT2D eigenvalue weighted by molar-refractivity contribution is 0.587. The van der Waals surface area contributed by atoms with E-state index < -0.39 is 7.14 Å². The van der Waals surface area contributed by atoms with Crippen LogP contribution in [0.25, 0.3) is 11.1 Å². The molecule has 150 valence electrons. The van der Waals surface area contributed by atoms with Gasteiger partial charge in [0.05, 0.1) is 0 Å². The molecule has 0 radical (unpaired) electrons. The summed E-state index contributed by atoms with van der Waals surface area (Å²) in [6.07, 6.45) is 0.533. The summed E-state index contributed by atoms with van der Waals surface area (Å²) in [6, 6.07) is 35.5. The number of hydrogen-bond donors (Lipinski definition) is 1. The van der Waals surface area contributed by atoms with Crippen LogP contribution >= 0.6 is 18.7 Å². The number of para-hydroxylation sites is 1. The molecule has 4 aromatic carbocycles. The molecule has 0 fully saturated rings. The number of nitrogens with one attached hydrogen (secondary N) is 1. The van der Waals surface area contributed by atoms with Gasteiger partial charge in [0.15, 0.2) is 0 Å². The molecule has 0 aliphatic rings. The van der Waals surface area contributed by atoms with Gasteiger partial charge in [0.25, 0.3) is 0 Å². The smallest absolute Gasteiger partial charge is 0.144 e. The van der Waals surface area contributed by atoms with Crippen LogP contribution in [0.5, 0.6) is 0 Å². The Kier molecular flexibility index (Phi) is 6.38. The highest BCUT2D eigenvalue weighted by atomic mass is 35.5. The van der Waals surface area contributed by atoms with Crippen molar-refractivity contribution in [3.63, 3.8) is 0 Å². The molecular weight excluding hydrogens is 409 g/mol. The number of benzene rings is 4. The largest absolute Gasteiger partial charge is 0.384 e. The number of rotatable bonds is 7. The van der Waals surface area contributed by atoms with E-state index >= 15 is 0 Å². The highest BCUT2D eigenvalue weighted by molar-refractivity contribution is 7.78. The minimum absolute atomic E-state index is 0.533. The monoisotopic (exact) mass is 431 g/mol. The van der Waals surface area contributed by atoms with E-state index in [-0.39, 0.29) is 0 Å². The highest BCUT2D eigenvalue weighted by Gasteiger charge is 2.26. The second-order valence-corrected chi connectivity index (χ2v) is 10.5. The van der Waals surface area contributed by atoms with Crippen molar-refractivity contribution in [3.8, 4) is 11.1 Å². The van der Waals surface area contributed by atoms with Crippen molar-refractivity contribution in [1.29, 1.82) is 0 Å². The van der Waals surface area contributed by atoms with Crippen molar-refractivity contribution in [2.45, 2.75) is 0 Å². The maximum atomic E-state index is 14.1. The van der Waals surface area contributed by atoms with E-state index in [1.54, 1.807) is 0 Å². The van der Waals surface area contributed by atoms with E-state index in [0.717, 1.165) is 27.4 Å². The fourth-order valence-electron chi connectivity index (χ4n) is 3.64. The normalized spacial score (nSPS) is 11.2. The molecule has 4 heteroatoms. The minimum atomic E-state index is -2.74. The van der Waals surface area contributed by atoms with Crippen LogP contribution in [0.1, 0.15) is 0 Å². The van der Waals surface area contributed by atoms with Crippen LogP contribution in [0.15, 0.2) is 109 Å². The predicted molar refractivity (Wildman–Crippen MR) is 130 cm³/mol. The summed E-state index contributed by atoms with van der Waals surface area (Å²) in [5.74, 6) is 0. The molecule has 0 saturated carbocycles. The molecule has 4 aromatic rings. The van der Waals surface area contributed by atoms with Crippen LogP contribution in [0, 0.1) is 0 Å². The maximum absolute atomic E-state index is 14.1. The topological polar surface area (TPSA) is 29.1 Å². The summed E-state index contributed by atoms with van der Waals surface area (Å²) in [7, 11) is -2.74. The Morgan fingerprint density at radius 2 is 1.30 bits per heavy atom. The molecule has 0 amide bonds. The van der Waals surface area contributed by atoms with Crippen molar-refractivity contribution >= 4 is 35.0 Å². The average molecular weight is 432 g/mol. The van der Waals surface area contributed by atoms with Crippen LogP contribution in [0.4, 0.5) is 5.69 Å². The number of halogens is 1. The summed E-state index contributed by atoms with van der Waals surface area (Å²) in [5, 5.41) is 6.00. The molecule has 0 aliphatic heterocycles. The molecule has 0 atom stereocenters. The van der Waals surface area contributed by atoms with E-state index in [4.69, 9.17) is 11.6 Å². The van der Waals surface area contributed by atoms with Gasteiger partial charge in [-0.3, -0.25) is 0 Å². The molecule has 0 saturated heterocycles. The zero-order valence-corrected chi connectivity index (χ0v) is 18.2. The first-order valence-corrected chi connectivity index (χ1v) is 12.2. The second-order valence-electron chi connectivity index (χ2n) is 7.12. The van der Waals surface area contributed by atoms with Gasteiger partial charge in [-0.05, 0) is 23.8 Å². The first kappa shape index (κ1) is 20.5. The van der Waals surface area contributed by atoms with Gasteiger partial charge >= 0.3 is 0 Å². The minimum Gasteiger partial charge on any atom is -0.384 e. The first-order chi connectivity index (χ1) is 14.7. The van der Waals surface area contributed by atoms with E-state index in [2.05, 4.69) is 11.4 Å². The summed E-state index contributed by atoms with van der Waals surface area (Å²) >= 11 is 6.19.